The molecule has 0 saturated carbocycles. The van der Waals surface area contributed by atoms with Crippen LogP contribution >= 0.6 is 24.0 Å². The van der Waals surface area contributed by atoms with E-state index in [0.717, 1.165) is 17.3 Å². The van der Waals surface area contributed by atoms with Crippen LogP contribution in [0.2, 0.25) is 0 Å². The van der Waals surface area contributed by atoms with E-state index < -0.39 is 0 Å². The summed E-state index contributed by atoms with van der Waals surface area (Å²) in [5, 5.41) is 0. The van der Waals surface area contributed by atoms with Crippen molar-refractivity contribution >= 4 is 46.0 Å². The fourth-order valence-corrected chi connectivity index (χ4v) is 4.84. The lowest BCUT2D eigenvalue weighted by Crippen LogP contribution is -2.33. The Hall–Kier alpha value is -3.30. The van der Waals surface area contributed by atoms with Crippen LogP contribution in [-0.2, 0) is 11.8 Å². The molecule has 2 aromatic carbocycles. The Labute approximate surface area is 194 Å². The van der Waals surface area contributed by atoms with Crippen LogP contribution in [0.15, 0.2) is 58.2 Å². The maximum Gasteiger partial charge on any atom is 0.296 e. The zero-order valence-corrected chi connectivity index (χ0v) is 19.6. The van der Waals surface area contributed by atoms with E-state index in [2.05, 4.69) is 0 Å². The van der Waals surface area contributed by atoms with Gasteiger partial charge in [-0.2, -0.15) is 0 Å². The molecular formula is C23H21N3O4S2. The minimum absolute atomic E-state index is 0.259. The molecule has 32 heavy (non-hydrogen) atoms. The Balaban J connectivity index is 1.75. The molecule has 164 valence electrons. The van der Waals surface area contributed by atoms with Gasteiger partial charge in [-0.05, 0) is 42.8 Å². The van der Waals surface area contributed by atoms with Crippen LogP contribution in [-0.4, -0.2) is 33.8 Å². The van der Waals surface area contributed by atoms with Crippen molar-refractivity contribution in [3.05, 3.63) is 75.0 Å². The molecular weight excluding hydrogens is 446 g/mol. The van der Waals surface area contributed by atoms with Gasteiger partial charge in [-0.3, -0.25) is 19.2 Å². The molecule has 3 aromatic rings. The Morgan fingerprint density at radius 3 is 2.34 bits per heavy atom. The van der Waals surface area contributed by atoms with E-state index >= 15 is 0 Å². The number of ether oxygens (including phenoxy) is 2. The van der Waals surface area contributed by atoms with Crippen molar-refractivity contribution < 1.29 is 14.3 Å². The number of carbonyl (C=O) groups excluding carboxylic acids is 1. The van der Waals surface area contributed by atoms with E-state index in [0.29, 0.717) is 32.1 Å². The van der Waals surface area contributed by atoms with Crippen molar-refractivity contribution in [1.29, 1.82) is 0 Å². The van der Waals surface area contributed by atoms with Crippen LogP contribution in [0.1, 0.15) is 11.3 Å². The summed E-state index contributed by atoms with van der Waals surface area (Å²) in [5.74, 6) is 0.820. The summed E-state index contributed by atoms with van der Waals surface area (Å²) in [4.78, 5) is 28.4. The molecule has 1 amide bonds. The normalized spacial score (nSPS) is 15.0. The number of para-hydroxylation sites is 1. The Kier molecular flexibility index (Phi) is 5.94. The number of benzene rings is 2. The average Bonchev–Trinajstić information content (AvgIpc) is 3.19. The summed E-state index contributed by atoms with van der Waals surface area (Å²) < 4.78 is 14.2. The SMILES string of the molecule is COc1ccc(C=C2SC(=S)N(c3c(C)n(C)n(-c4ccccc4)c3=O)C2=O)cc1OC. The van der Waals surface area contributed by atoms with Gasteiger partial charge in [0.2, 0.25) is 0 Å². The zero-order valence-electron chi connectivity index (χ0n) is 18.0. The molecule has 1 aromatic heterocycles. The van der Waals surface area contributed by atoms with E-state index in [-0.39, 0.29) is 17.2 Å². The lowest BCUT2D eigenvalue weighted by atomic mass is 10.2. The highest BCUT2D eigenvalue weighted by Gasteiger charge is 2.37. The Bertz CT molecular complexity index is 1310. The van der Waals surface area contributed by atoms with Gasteiger partial charge in [-0.25, -0.2) is 4.68 Å². The topological polar surface area (TPSA) is 65.7 Å². The van der Waals surface area contributed by atoms with Gasteiger partial charge in [0.05, 0.1) is 30.5 Å². The standard InChI is InChI=1S/C23H21N3O4S2/c1-14-20(22(28)26(24(14)2)16-8-6-5-7-9-16)25-21(27)19(32-23(25)31)13-15-10-11-17(29-3)18(12-15)30-4/h5-13H,1-4H3. The molecule has 4 rings (SSSR count). The number of nitrogens with zero attached hydrogens (tertiary/aromatic N) is 3. The molecule has 1 fully saturated rings. The first kappa shape index (κ1) is 21.9. The number of methoxy groups -OCH3 is 2. The number of aromatic nitrogens is 2. The highest BCUT2D eigenvalue weighted by atomic mass is 32.2. The predicted molar refractivity (Wildman–Crippen MR) is 131 cm³/mol. The summed E-state index contributed by atoms with van der Waals surface area (Å²) in [6, 6.07) is 14.6. The molecule has 1 aliphatic rings. The van der Waals surface area contributed by atoms with Gasteiger partial charge < -0.3 is 9.47 Å². The number of thioether (sulfide) groups is 1. The molecule has 0 aliphatic carbocycles. The summed E-state index contributed by atoms with van der Waals surface area (Å²) >= 11 is 6.66. The Morgan fingerprint density at radius 1 is 1.00 bits per heavy atom. The van der Waals surface area contributed by atoms with Crippen LogP contribution in [0.25, 0.3) is 11.8 Å². The maximum absolute atomic E-state index is 13.3. The van der Waals surface area contributed by atoms with Crippen molar-refractivity contribution in [1.82, 2.24) is 9.36 Å². The number of amides is 1. The summed E-state index contributed by atoms with van der Waals surface area (Å²) in [7, 11) is 4.90. The van der Waals surface area contributed by atoms with Crippen LogP contribution in [0.4, 0.5) is 5.69 Å². The quantitative estimate of drug-likeness (QED) is 0.419. The van der Waals surface area contributed by atoms with Crippen molar-refractivity contribution in [2.45, 2.75) is 6.92 Å². The van der Waals surface area contributed by atoms with Gasteiger partial charge in [-0.1, -0.05) is 48.2 Å². The zero-order chi connectivity index (χ0) is 23.0. The number of hydrogen-bond acceptors (Lipinski definition) is 6. The third-order valence-electron chi connectivity index (χ3n) is 5.25. The number of rotatable bonds is 5. The van der Waals surface area contributed by atoms with Gasteiger partial charge in [0.1, 0.15) is 5.69 Å². The average molecular weight is 468 g/mol. The lowest BCUT2D eigenvalue weighted by molar-refractivity contribution is -0.113. The fourth-order valence-electron chi connectivity index (χ4n) is 3.57. The molecule has 0 atom stereocenters. The molecule has 9 heteroatoms. The number of thiocarbonyl (C=S) groups is 1. The second kappa shape index (κ2) is 8.68. The monoisotopic (exact) mass is 467 g/mol. The summed E-state index contributed by atoms with van der Waals surface area (Å²) in [6.45, 7) is 1.80. The minimum atomic E-state index is -0.333. The van der Waals surface area contributed by atoms with Crippen molar-refractivity contribution in [2.75, 3.05) is 19.1 Å². The van der Waals surface area contributed by atoms with Crippen molar-refractivity contribution in [2.24, 2.45) is 7.05 Å². The van der Waals surface area contributed by atoms with Gasteiger partial charge in [-0.15, -0.1) is 0 Å². The molecule has 1 aliphatic heterocycles. The van der Waals surface area contributed by atoms with Gasteiger partial charge in [0.25, 0.3) is 11.5 Å². The van der Waals surface area contributed by atoms with Crippen LogP contribution in [0.3, 0.4) is 0 Å². The molecule has 7 nitrogen and oxygen atoms in total. The molecule has 0 unspecified atom stereocenters. The van der Waals surface area contributed by atoms with Gasteiger partial charge in [0.15, 0.2) is 15.8 Å². The molecule has 2 heterocycles. The maximum atomic E-state index is 13.3. The summed E-state index contributed by atoms with van der Waals surface area (Å²) in [6.07, 6.45) is 1.73. The van der Waals surface area contributed by atoms with E-state index in [1.165, 1.54) is 9.58 Å². The van der Waals surface area contributed by atoms with Crippen molar-refractivity contribution in [3.63, 3.8) is 0 Å². The van der Waals surface area contributed by atoms with Crippen LogP contribution < -0.4 is 19.9 Å². The smallest absolute Gasteiger partial charge is 0.296 e. The van der Waals surface area contributed by atoms with Gasteiger partial charge in [0, 0.05) is 7.05 Å². The molecule has 0 radical (unpaired) electrons. The van der Waals surface area contributed by atoms with Crippen molar-refractivity contribution in [3.8, 4) is 17.2 Å². The number of anilines is 1. The first-order valence-electron chi connectivity index (χ1n) is 9.71. The first-order chi connectivity index (χ1) is 15.4. The largest absolute Gasteiger partial charge is 0.493 e. The minimum Gasteiger partial charge on any atom is -0.493 e. The van der Waals surface area contributed by atoms with E-state index in [1.54, 1.807) is 51.1 Å². The van der Waals surface area contributed by atoms with E-state index in [4.69, 9.17) is 21.7 Å². The highest BCUT2D eigenvalue weighted by Crippen LogP contribution is 2.37. The first-order valence-corrected chi connectivity index (χ1v) is 10.9. The molecule has 0 spiro atoms. The number of hydrogen-bond donors (Lipinski definition) is 0. The predicted octanol–water partition coefficient (Wildman–Crippen LogP) is 3.91. The molecule has 1 saturated heterocycles. The third kappa shape index (κ3) is 3.63. The number of carbonyl (C=O) groups is 1. The van der Waals surface area contributed by atoms with Crippen LogP contribution in [0.5, 0.6) is 11.5 Å². The third-order valence-corrected chi connectivity index (χ3v) is 6.55. The van der Waals surface area contributed by atoms with E-state index in [1.807, 2.05) is 36.4 Å². The molecule has 0 N–H and O–H groups in total. The van der Waals surface area contributed by atoms with E-state index in [9.17, 15) is 9.59 Å². The fraction of sp³-hybridized carbons (Fsp3) is 0.174. The molecule has 0 bridgehead atoms. The second-order valence-electron chi connectivity index (χ2n) is 7.04. The van der Waals surface area contributed by atoms with Crippen LogP contribution in [0, 0.1) is 6.92 Å². The van der Waals surface area contributed by atoms with Gasteiger partial charge >= 0.3 is 0 Å². The highest BCUT2D eigenvalue weighted by molar-refractivity contribution is 8.27. The Morgan fingerprint density at radius 2 is 1.69 bits per heavy atom. The lowest BCUT2D eigenvalue weighted by Gasteiger charge is -2.12. The second-order valence-corrected chi connectivity index (χ2v) is 8.72. The summed E-state index contributed by atoms with van der Waals surface area (Å²) in [5.41, 5.74) is 2.06.